The van der Waals surface area contributed by atoms with Crippen molar-refractivity contribution in [3.05, 3.63) is 108 Å². The topological polar surface area (TPSA) is 229 Å². The number of benzene rings is 4. The van der Waals surface area contributed by atoms with E-state index in [0.29, 0.717) is 32.8 Å². The van der Waals surface area contributed by atoms with Crippen LogP contribution in [-0.2, 0) is 38.6 Å². The number of azo groups is 1. The highest BCUT2D eigenvalue weighted by Crippen LogP contribution is 2.27. The number of anilines is 2. The lowest BCUT2D eigenvalue weighted by atomic mass is 10.1. The monoisotopic (exact) mass is 815 g/mol. The van der Waals surface area contributed by atoms with Crippen LogP contribution in [-0.4, -0.2) is 77.6 Å². The highest BCUT2D eigenvalue weighted by Gasteiger charge is 2.39. The van der Waals surface area contributed by atoms with Gasteiger partial charge in [-0.15, -0.1) is 0 Å². The summed E-state index contributed by atoms with van der Waals surface area (Å²) < 4.78 is 26.8. The molecule has 0 spiro atoms. The first-order valence-corrected chi connectivity index (χ1v) is 19.6. The number of nitrogens with zero attached hydrogens (tertiary/aromatic N) is 7. The molecule has 4 aromatic rings. The third-order valence-corrected chi connectivity index (χ3v) is 11.0. The van der Waals surface area contributed by atoms with Crippen molar-refractivity contribution < 1.29 is 37.2 Å². The molecule has 0 bridgehead atoms. The van der Waals surface area contributed by atoms with Crippen LogP contribution in [0.25, 0.3) is 0 Å². The fourth-order valence-electron chi connectivity index (χ4n) is 5.86. The Morgan fingerprint density at radius 2 is 1.10 bits per heavy atom. The smallest absolute Gasteiger partial charge is 0.282 e. The van der Waals surface area contributed by atoms with Gasteiger partial charge in [-0.2, -0.15) is 30.4 Å². The number of hydrogen-bond donors (Lipinski definition) is 2. The van der Waals surface area contributed by atoms with E-state index >= 15 is 0 Å². The minimum atomic E-state index is -3.99. The fourth-order valence-corrected chi connectivity index (χ4v) is 7.12. The molecule has 2 atom stereocenters. The molecule has 2 aliphatic heterocycles. The zero-order valence-electron chi connectivity index (χ0n) is 32.2. The second kappa shape index (κ2) is 17.4. The van der Waals surface area contributed by atoms with Crippen LogP contribution in [0.15, 0.2) is 132 Å². The van der Waals surface area contributed by atoms with Gasteiger partial charge in [-0.1, -0.05) is 36.4 Å². The van der Waals surface area contributed by atoms with E-state index in [9.17, 15) is 37.2 Å². The lowest BCUT2D eigenvalue weighted by Gasteiger charge is -2.12. The molecule has 0 fully saturated rings. The van der Waals surface area contributed by atoms with Crippen molar-refractivity contribution in [1.29, 1.82) is 0 Å². The minimum Gasteiger partial charge on any atom is -0.325 e. The Morgan fingerprint density at radius 3 is 1.61 bits per heavy atom. The molecule has 4 aromatic carbocycles. The van der Waals surface area contributed by atoms with Gasteiger partial charge in [0.15, 0.2) is 6.04 Å². The maximum Gasteiger partial charge on any atom is 0.282 e. The standard InChI is InChI=1S/C41H37N9O8S/c1-24-9-5-7-11-33(24)43-35(51)21-37(53)49-40(55)32(26(3)47-49)23-42-28-13-17-30(18-14-28)59(57,58)31-19-15-29(16-20-31)45-46-39-27(4)48-50(41(39)56)38(54)22-36(52)44-34-12-8-6-10-25(34)2/h5-20,23,32,39H,21-22H2,1-4H3,(H,43,51)(H,44,52)/t32-,39+/m1/s1. The summed E-state index contributed by atoms with van der Waals surface area (Å²) in [5.41, 5.74) is 3.73. The molecule has 2 N–H and O–H groups in total. The first-order valence-electron chi connectivity index (χ1n) is 18.1. The molecular formula is C41H37N9O8S. The van der Waals surface area contributed by atoms with Crippen molar-refractivity contribution in [3.63, 3.8) is 0 Å². The summed E-state index contributed by atoms with van der Waals surface area (Å²) in [5, 5.41) is 22.6. The van der Waals surface area contributed by atoms with Gasteiger partial charge in [0.25, 0.3) is 23.6 Å². The summed E-state index contributed by atoms with van der Waals surface area (Å²) >= 11 is 0. The number of aliphatic imine (C=N–C) groups is 1. The molecule has 59 heavy (non-hydrogen) atoms. The van der Waals surface area contributed by atoms with E-state index < -0.39 is 70.1 Å². The number of carbonyl (C=O) groups excluding carboxylic acids is 6. The number of rotatable bonds is 12. The summed E-state index contributed by atoms with van der Waals surface area (Å²) in [6.07, 6.45) is 0.0823. The number of carbonyl (C=O) groups is 6. The third kappa shape index (κ3) is 9.45. The number of aryl methyl sites for hydroxylation is 2. The zero-order chi connectivity index (χ0) is 42.4. The van der Waals surface area contributed by atoms with Crippen LogP contribution in [0.5, 0.6) is 0 Å². The van der Waals surface area contributed by atoms with Crippen molar-refractivity contribution in [2.45, 2.75) is 56.4 Å². The van der Waals surface area contributed by atoms with E-state index in [-0.39, 0.29) is 21.2 Å². The van der Waals surface area contributed by atoms with Gasteiger partial charge < -0.3 is 10.6 Å². The molecule has 6 amide bonds. The first kappa shape index (κ1) is 41.3. The highest BCUT2D eigenvalue weighted by atomic mass is 32.2. The van der Waals surface area contributed by atoms with Gasteiger partial charge in [0, 0.05) is 17.6 Å². The van der Waals surface area contributed by atoms with Crippen molar-refractivity contribution in [1.82, 2.24) is 10.0 Å². The number of para-hydroxylation sites is 2. The SMILES string of the molecule is CC1=NN(C(=O)CC(=O)Nc2ccccc2C)C(=O)[C@@H]1C=Nc1ccc(S(=O)(=O)c2ccc(N=N[C@@H]3C(=O)N(C(=O)CC(=O)Nc4ccccc4C)N=C3C)cc2)cc1. The van der Waals surface area contributed by atoms with Crippen molar-refractivity contribution in [2.75, 3.05) is 10.6 Å². The molecule has 0 radical (unpaired) electrons. The molecule has 6 rings (SSSR count). The Morgan fingerprint density at radius 1 is 0.644 bits per heavy atom. The third-order valence-electron chi connectivity index (χ3n) is 9.17. The highest BCUT2D eigenvalue weighted by molar-refractivity contribution is 7.91. The normalized spacial score (nSPS) is 16.7. The second-order valence-corrected chi connectivity index (χ2v) is 15.5. The van der Waals surface area contributed by atoms with E-state index in [1.807, 2.05) is 25.1 Å². The Labute approximate surface area is 338 Å². The number of sulfone groups is 1. The van der Waals surface area contributed by atoms with Gasteiger partial charge >= 0.3 is 0 Å². The Hall–Kier alpha value is -7.34. The van der Waals surface area contributed by atoms with Gasteiger partial charge in [-0.3, -0.25) is 33.8 Å². The van der Waals surface area contributed by atoms with Crippen molar-refractivity contribution >= 4 is 85.7 Å². The summed E-state index contributed by atoms with van der Waals surface area (Å²) in [7, 11) is -3.99. The van der Waals surface area contributed by atoms with Crippen LogP contribution in [0.2, 0.25) is 0 Å². The number of nitrogens with one attached hydrogen (secondary N) is 2. The Kier molecular flexibility index (Phi) is 12.2. The average molecular weight is 816 g/mol. The first-order chi connectivity index (χ1) is 28.1. The van der Waals surface area contributed by atoms with Crippen LogP contribution in [0.1, 0.15) is 37.8 Å². The van der Waals surface area contributed by atoms with Crippen molar-refractivity contribution in [2.24, 2.45) is 31.3 Å². The molecule has 18 heteroatoms. The van der Waals surface area contributed by atoms with Crippen LogP contribution in [0.3, 0.4) is 0 Å². The zero-order valence-corrected chi connectivity index (χ0v) is 33.0. The molecule has 2 aliphatic rings. The Bertz CT molecular complexity index is 2430. The van der Waals surface area contributed by atoms with Gasteiger partial charge in [0.05, 0.1) is 32.6 Å². The minimum absolute atomic E-state index is 0.0398. The van der Waals surface area contributed by atoms with Crippen LogP contribution in [0, 0.1) is 19.8 Å². The van der Waals surface area contributed by atoms with Gasteiger partial charge in [0.2, 0.25) is 21.7 Å². The molecule has 0 saturated heterocycles. The maximum atomic E-state index is 13.4. The molecule has 2 heterocycles. The second-order valence-electron chi connectivity index (χ2n) is 13.5. The maximum absolute atomic E-state index is 13.4. The van der Waals surface area contributed by atoms with Gasteiger partial charge in [0.1, 0.15) is 18.8 Å². The van der Waals surface area contributed by atoms with E-state index in [0.717, 1.165) is 11.1 Å². The van der Waals surface area contributed by atoms with E-state index in [1.165, 1.54) is 61.7 Å². The predicted molar refractivity (Wildman–Crippen MR) is 217 cm³/mol. The van der Waals surface area contributed by atoms with Crippen molar-refractivity contribution in [3.8, 4) is 0 Å². The lowest BCUT2D eigenvalue weighted by Crippen LogP contribution is -2.36. The Balaban J connectivity index is 1.02. The molecular weight excluding hydrogens is 779 g/mol. The average Bonchev–Trinajstić information content (AvgIpc) is 3.66. The molecule has 0 aliphatic carbocycles. The van der Waals surface area contributed by atoms with Gasteiger partial charge in [-0.25, -0.2) is 8.42 Å². The van der Waals surface area contributed by atoms with Crippen LogP contribution < -0.4 is 10.6 Å². The van der Waals surface area contributed by atoms with Crippen LogP contribution in [0.4, 0.5) is 22.7 Å². The van der Waals surface area contributed by atoms with Gasteiger partial charge in [-0.05, 0) is 99.5 Å². The van der Waals surface area contributed by atoms with E-state index in [2.05, 4.69) is 36.1 Å². The molecule has 0 aromatic heterocycles. The number of hydrazone groups is 2. The molecule has 17 nitrogen and oxygen atoms in total. The van der Waals surface area contributed by atoms with E-state index in [1.54, 1.807) is 44.2 Å². The fraction of sp³-hybridized carbons (Fsp3) is 0.195. The molecule has 300 valence electrons. The number of amides is 6. The largest absolute Gasteiger partial charge is 0.325 e. The lowest BCUT2D eigenvalue weighted by molar-refractivity contribution is -0.146. The van der Waals surface area contributed by atoms with Crippen LogP contribution >= 0.6 is 0 Å². The van der Waals surface area contributed by atoms with E-state index in [4.69, 9.17) is 0 Å². The summed E-state index contributed by atoms with van der Waals surface area (Å²) in [6.45, 7) is 6.65. The summed E-state index contributed by atoms with van der Waals surface area (Å²) in [6, 6.07) is 23.9. The quantitative estimate of drug-likeness (QED) is 0.106. The summed E-state index contributed by atoms with van der Waals surface area (Å²) in [5.74, 6) is -5.26. The summed E-state index contributed by atoms with van der Waals surface area (Å²) in [4.78, 5) is 80.7. The molecule has 0 unspecified atom stereocenters. The number of hydrogen-bond acceptors (Lipinski definition) is 13. The number of imide groups is 2. The molecule has 0 saturated carbocycles. The predicted octanol–water partition coefficient (Wildman–Crippen LogP) is 5.45.